The zero-order valence-electron chi connectivity index (χ0n) is 10.5. The lowest BCUT2D eigenvalue weighted by Crippen LogP contribution is -2.43. The Labute approximate surface area is 98.7 Å². The molecule has 0 aromatic carbocycles. The van der Waals surface area contributed by atoms with Gasteiger partial charge in [0.1, 0.15) is 0 Å². The highest BCUT2D eigenvalue weighted by Gasteiger charge is 2.34. The highest BCUT2D eigenvalue weighted by Crippen LogP contribution is 2.26. The second-order valence-electron chi connectivity index (χ2n) is 5.43. The van der Waals surface area contributed by atoms with Crippen LogP contribution in [0, 0.1) is 0 Å². The van der Waals surface area contributed by atoms with Crippen LogP contribution in [-0.4, -0.2) is 60.3 Å². The fraction of sp³-hybridized carbons (Fsp3) is 0.846. The Kier molecular flexibility index (Phi) is 4.00. The van der Waals surface area contributed by atoms with Gasteiger partial charge in [0.05, 0.1) is 6.10 Å². The van der Waals surface area contributed by atoms with Crippen molar-refractivity contribution in [2.45, 2.75) is 43.9 Å². The van der Waals surface area contributed by atoms with E-state index in [0.29, 0.717) is 12.1 Å². The Morgan fingerprint density at radius 3 is 2.88 bits per heavy atom. The second kappa shape index (κ2) is 5.30. The summed E-state index contributed by atoms with van der Waals surface area (Å²) in [7, 11) is 4.22. The third kappa shape index (κ3) is 2.84. The molecule has 0 bridgehead atoms. The van der Waals surface area contributed by atoms with E-state index in [9.17, 15) is 5.11 Å². The lowest BCUT2D eigenvalue weighted by Gasteiger charge is -2.33. The first-order chi connectivity index (χ1) is 7.66. The van der Waals surface area contributed by atoms with Crippen LogP contribution < -0.4 is 0 Å². The zero-order valence-corrected chi connectivity index (χ0v) is 10.5. The van der Waals surface area contributed by atoms with E-state index >= 15 is 0 Å². The Morgan fingerprint density at radius 1 is 1.44 bits per heavy atom. The van der Waals surface area contributed by atoms with Crippen LogP contribution in [-0.2, 0) is 0 Å². The summed E-state index contributed by atoms with van der Waals surface area (Å²) in [6, 6.07) is 1.09. The van der Waals surface area contributed by atoms with Crippen LogP contribution >= 0.6 is 0 Å². The van der Waals surface area contributed by atoms with Gasteiger partial charge in [0, 0.05) is 25.2 Å². The molecule has 2 aliphatic rings. The molecule has 3 heteroatoms. The van der Waals surface area contributed by atoms with Crippen LogP contribution in [0.5, 0.6) is 0 Å². The average molecular weight is 224 g/mol. The average Bonchev–Trinajstić information content (AvgIpc) is 2.60. The monoisotopic (exact) mass is 224 g/mol. The summed E-state index contributed by atoms with van der Waals surface area (Å²) >= 11 is 0. The molecule has 3 nitrogen and oxygen atoms in total. The fourth-order valence-electron chi connectivity index (χ4n) is 2.99. The molecule has 0 amide bonds. The standard InChI is InChI=1S/C13H24N2O/c1-14(2)9-12-8-13(16)10-15(12)11-6-4-3-5-7-11/h4,6,11-13,16H,3,5,7-10H2,1-2H3. The van der Waals surface area contributed by atoms with Crippen molar-refractivity contribution < 1.29 is 5.11 Å². The van der Waals surface area contributed by atoms with Crippen molar-refractivity contribution in [2.75, 3.05) is 27.2 Å². The van der Waals surface area contributed by atoms with Gasteiger partial charge in [-0.25, -0.2) is 0 Å². The molecule has 1 fully saturated rings. The largest absolute Gasteiger partial charge is 0.392 e. The number of β-amino-alcohol motifs (C(OH)–C–C–N with tert-alkyl or cyclic N) is 1. The van der Waals surface area contributed by atoms with Gasteiger partial charge >= 0.3 is 0 Å². The number of hydrogen-bond acceptors (Lipinski definition) is 3. The highest BCUT2D eigenvalue weighted by atomic mass is 16.3. The van der Waals surface area contributed by atoms with E-state index in [0.717, 1.165) is 19.5 Å². The van der Waals surface area contributed by atoms with Gasteiger partial charge in [-0.2, -0.15) is 0 Å². The first kappa shape index (κ1) is 12.1. The van der Waals surface area contributed by atoms with E-state index in [4.69, 9.17) is 0 Å². The third-order valence-corrected chi connectivity index (χ3v) is 3.67. The predicted molar refractivity (Wildman–Crippen MR) is 66.5 cm³/mol. The van der Waals surface area contributed by atoms with Crippen LogP contribution in [0.25, 0.3) is 0 Å². The van der Waals surface area contributed by atoms with Crippen molar-refractivity contribution in [3.63, 3.8) is 0 Å². The Hall–Kier alpha value is -0.380. The molecule has 0 saturated carbocycles. The van der Waals surface area contributed by atoms with E-state index in [-0.39, 0.29) is 6.10 Å². The summed E-state index contributed by atoms with van der Waals surface area (Å²) < 4.78 is 0. The molecule has 1 heterocycles. The zero-order chi connectivity index (χ0) is 11.5. The second-order valence-corrected chi connectivity index (χ2v) is 5.43. The molecular weight excluding hydrogens is 200 g/mol. The summed E-state index contributed by atoms with van der Waals surface area (Å²) in [6.07, 6.45) is 9.22. The third-order valence-electron chi connectivity index (χ3n) is 3.67. The molecule has 16 heavy (non-hydrogen) atoms. The fourth-order valence-corrected chi connectivity index (χ4v) is 2.99. The van der Waals surface area contributed by atoms with Crippen molar-refractivity contribution in [3.05, 3.63) is 12.2 Å². The topological polar surface area (TPSA) is 26.7 Å². The molecule has 3 atom stereocenters. The molecule has 1 aliphatic heterocycles. The van der Waals surface area contributed by atoms with Crippen LogP contribution in [0.15, 0.2) is 12.2 Å². The normalized spacial score (nSPS) is 36.1. The van der Waals surface area contributed by atoms with Gasteiger partial charge < -0.3 is 10.0 Å². The molecule has 1 aliphatic carbocycles. The summed E-state index contributed by atoms with van der Waals surface area (Å²) in [5.74, 6) is 0. The smallest absolute Gasteiger partial charge is 0.0682 e. The molecule has 0 aromatic rings. The molecule has 3 unspecified atom stereocenters. The van der Waals surface area contributed by atoms with Crippen LogP contribution in [0.3, 0.4) is 0 Å². The highest BCUT2D eigenvalue weighted by molar-refractivity contribution is 5.03. The van der Waals surface area contributed by atoms with Crippen molar-refractivity contribution >= 4 is 0 Å². The molecule has 1 N–H and O–H groups in total. The van der Waals surface area contributed by atoms with Gasteiger partial charge in [-0.1, -0.05) is 12.2 Å². The summed E-state index contributed by atoms with van der Waals surface area (Å²) in [5.41, 5.74) is 0. The number of rotatable bonds is 3. The van der Waals surface area contributed by atoms with Crippen LogP contribution in [0.4, 0.5) is 0 Å². The van der Waals surface area contributed by atoms with Gasteiger partial charge in [-0.3, -0.25) is 4.90 Å². The van der Waals surface area contributed by atoms with E-state index in [2.05, 4.69) is 36.0 Å². The lowest BCUT2D eigenvalue weighted by atomic mass is 10.0. The summed E-state index contributed by atoms with van der Waals surface area (Å²) in [5, 5.41) is 9.83. The van der Waals surface area contributed by atoms with E-state index in [1.807, 2.05) is 0 Å². The molecule has 1 saturated heterocycles. The van der Waals surface area contributed by atoms with Gasteiger partial charge in [0.2, 0.25) is 0 Å². The van der Waals surface area contributed by atoms with Gasteiger partial charge in [0.25, 0.3) is 0 Å². The molecule has 0 radical (unpaired) electrons. The molecule has 0 aromatic heterocycles. The number of hydrogen-bond donors (Lipinski definition) is 1. The molecular formula is C13H24N2O. The van der Waals surface area contributed by atoms with Crippen LogP contribution in [0.2, 0.25) is 0 Å². The van der Waals surface area contributed by atoms with Gasteiger partial charge in [0.15, 0.2) is 0 Å². The maximum atomic E-state index is 9.83. The maximum Gasteiger partial charge on any atom is 0.0682 e. The number of likely N-dealkylation sites (N-methyl/N-ethyl adjacent to an activating group) is 1. The number of nitrogens with zero attached hydrogens (tertiary/aromatic N) is 2. The molecule has 2 rings (SSSR count). The summed E-state index contributed by atoms with van der Waals surface area (Å²) in [4.78, 5) is 4.72. The van der Waals surface area contributed by atoms with E-state index in [1.165, 1.54) is 19.3 Å². The van der Waals surface area contributed by atoms with Crippen molar-refractivity contribution in [2.24, 2.45) is 0 Å². The quantitative estimate of drug-likeness (QED) is 0.727. The van der Waals surface area contributed by atoms with Crippen molar-refractivity contribution in [1.82, 2.24) is 9.80 Å². The predicted octanol–water partition coefficient (Wildman–Crippen LogP) is 1.09. The van der Waals surface area contributed by atoms with Gasteiger partial charge in [-0.15, -0.1) is 0 Å². The van der Waals surface area contributed by atoms with E-state index in [1.54, 1.807) is 0 Å². The number of aliphatic hydroxyl groups excluding tert-OH is 1. The van der Waals surface area contributed by atoms with E-state index < -0.39 is 0 Å². The Bertz CT molecular complexity index is 252. The van der Waals surface area contributed by atoms with Crippen molar-refractivity contribution in [3.8, 4) is 0 Å². The van der Waals surface area contributed by atoms with Crippen molar-refractivity contribution in [1.29, 1.82) is 0 Å². The number of aliphatic hydroxyl groups is 1. The maximum absolute atomic E-state index is 9.83. The lowest BCUT2D eigenvalue weighted by molar-refractivity contribution is 0.147. The Morgan fingerprint density at radius 2 is 2.25 bits per heavy atom. The Balaban J connectivity index is 1.99. The molecule has 0 spiro atoms. The minimum Gasteiger partial charge on any atom is -0.392 e. The first-order valence-electron chi connectivity index (χ1n) is 6.42. The first-order valence-corrected chi connectivity index (χ1v) is 6.42. The SMILES string of the molecule is CN(C)CC1CC(O)CN1C1C=CCCC1. The van der Waals surface area contributed by atoms with Gasteiger partial charge in [-0.05, 0) is 39.8 Å². The van der Waals surface area contributed by atoms with Crippen LogP contribution in [0.1, 0.15) is 25.7 Å². The summed E-state index contributed by atoms with van der Waals surface area (Å²) in [6.45, 7) is 1.91. The number of allylic oxidation sites excluding steroid dienone is 1. The minimum absolute atomic E-state index is 0.125. The minimum atomic E-state index is -0.125. The number of likely N-dealkylation sites (tertiary alicyclic amines) is 1. The molecule has 92 valence electrons.